The number of benzene rings is 2. The third kappa shape index (κ3) is 3.62. The molecule has 0 radical (unpaired) electrons. The van der Waals surface area contributed by atoms with E-state index in [0.29, 0.717) is 29.9 Å². The van der Waals surface area contributed by atoms with Crippen molar-refractivity contribution in [1.82, 2.24) is 4.90 Å². The minimum Gasteiger partial charge on any atom is -0.454 e. The van der Waals surface area contributed by atoms with Gasteiger partial charge < -0.3 is 19.1 Å². The summed E-state index contributed by atoms with van der Waals surface area (Å²) in [5, 5.41) is 0. The van der Waals surface area contributed by atoms with E-state index in [-0.39, 0.29) is 43.3 Å². The van der Waals surface area contributed by atoms with Gasteiger partial charge in [-0.25, -0.2) is 4.79 Å². The molecule has 3 heterocycles. The quantitative estimate of drug-likeness (QED) is 0.695. The highest BCUT2D eigenvalue weighted by Crippen LogP contribution is 2.40. The lowest BCUT2D eigenvalue weighted by molar-refractivity contribution is 0.00472. The van der Waals surface area contributed by atoms with E-state index in [2.05, 4.69) is 0 Å². The van der Waals surface area contributed by atoms with Gasteiger partial charge >= 0.3 is 6.09 Å². The second kappa shape index (κ2) is 8.01. The number of Topliss-reactive ketones (excluding diaryl/α,β-unsaturated/α-hetero) is 1. The molecule has 2 saturated heterocycles. The summed E-state index contributed by atoms with van der Waals surface area (Å²) in [5.74, 6) is 1.35. The van der Waals surface area contributed by atoms with Crippen LogP contribution in [0.1, 0.15) is 48.0 Å². The highest BCUT2D eigenvalue weighted by atomic mass is 16.7. The number of amides is 1. The fourth-order valence-corrected chi connectivity index (χ4v) is 4.97. The molecule has 6 heteroatoms. The lowest BCUT2D eigenvalue weighted by Crippen LogP contribution is -2.55. The van der Waals surface area contributed by atoms with Crippen molar-refractivity contribution in [2.45, 2.75) is 50.8 Å². The Morgan fingerprint density at radius 2 is 1.70 bits per heavy atom. The first-order valence-corrected chi connectivity index (χ1v) is 10.6. The normalized spacial score (nSPS) is 24.4. The minimum atomic E-state index is -0.262. The molecule has 0 N–H and O–H groups in total. The molecule has 3 aliphatic rings. The maximum absolute atomic E-state index is 13.2. The zero-order valence-electron chi connectivity index (χ0n) is 16.8. The SMILES string of the molecule is O=C(c1ccc2c(c1)OCO2)C1CC2CCCC(C1)N2C(=O)OCc1ccccc1. The summed E-state index contributed by atoms with van der Waals surface area (Å²) in [6.07, 6.45) is 4.03. The summed E-state index contributed by atoms with van der Waals surface area (Å²) in [6.45, 7) is 0.468. The van der Waals surface area contributed by atoms with Gasteiger partial charge in [0, 0.05) is 23.6 Å². The van der Waals surface area contributed by atoms with E-state index in [0.717, 1.165) is 24.8 Å². The van der Waals surface area contributed by atoms with Gasteiger partial charge in [-0.3, -0.25) is 4.79 Å². The summed E-state index contributed by atoms with van der Waals surface area (Å²) in [5.41, 5.74) is 1.63. The van der Waals surface area contributed by atoms with Crippen LogP contribution in [0.5, 0.6) is 11.5 Å². The Morgan fingerprint density at radius 1 is 0.967 bits per heavy atom. The Balaban J connectivity index is 1.26. The number of hydrogen-bond acceptors (Lipinski definition) is 5. The zero-order valence-corrected chi connectivity index (χ0v) is 16.8. The van der Waals surface area contributed by atoms with E-state index in [1.54, 1.807) is 12.1 Å². The van der Waals surface area contributed by atoms with Crippen LogP contribution < -0.4 is 9.47 Å². The first-order chi connectivity index (χ1) is 14.7. The lowest BCUT2D eigenvalue weighted by Gasteiger charge is -2.47. The summed E-state index contributed by atoms with van der Waals surface area (Å²) in [4.78, 5) is 27.9. The van der Waals surface area contributed by atoms with E-state index in [1.165, 1.54) is 0 Å². The fourth-order valence-electron chi connectivity index (χ4n) is 4.97. The number of carbonyl (C=O) groups is 2. The lowest BCUT2D eigenvalue weighted by atomic mass is 9.76. The van der Waals surface area contributed by atoms with Crippen molar-refractivity contribution in [2.24, 2.45) is 5.92 Å². The van der Waals surface area contributed by atoms with Crippen molar-refractivity contribution in [3.63, 3.8) is 0 Å². The molecule has 0 saturated carbocycles. The molecule has 2 bridgehead atoms. The number of carbonyl (C=O) groups excluding carboxylic acids is 2. The largest absolute Gasteiger partial charge is 0.454 e. The Morgan fingerprint density at radius 3 is 2.47 bits per heavy atom. The molecule has 0 spiro atoms. The number of ether oxygens (including phenoxy) is 3. The Labute approximate surface area is 175 Å². The second-order valence-electron chi connectivity index (χ2n) is 8.29. The van der Waals surface area contributed by atoms with Gasteiger partial charge in [0.2, 0.25) is 6.79 Å². The van der Waals surface area contributed by atoms with E-state index < -0.39 is 0 Å². The number of ketones is 1. The van der Waals surface area contributed by atoms with Crippen LogP contribution in [-0.4, -0.2) is 35.7 Å². The highest BCUT2D eigenvalue weighted by molar-refractivity contribution is 5.98. The molecule has 2 fully saturated rings. The molecule has 2 aromatic carbocycles. The van der Waals surface area contributed by atoms with Crippen molar-refractivity contribution >= 4 is 11.9 Å². The Bertz CT molecular complexity index is 930. The van der Waals surface area contributed by atoms with E-state index in [4.69, 9.17) is 14.2 Å². The topological polar surface area (TPSA) is 65.1 Å². The summed E-state index contributed by atoms with van der Waals surface area (Å²) >= 11 is 0. The third-order valence-electron chi connectivity index (χ3n) is 6.42. The predicted molar refractivity (Wildman–Crippen MR) is 110 cm³/mol. The molecule has 1 amide bonds. The van der Waals surface area contributed by atoms with Crippen molar-refractivity contribution in [3.8, 4) is 11.5 Å². The fraction of sp³-hybridized carbons (Fsp3) is 0.417. The summed E-state index contributed by atoms with van der Waals surface area (Å²) < 4.78 is 16.4. The monoisotopic (exact) mass is 407 g/mol. The number of nitrogens with zero attached hydrogens (tertiary/aromatic N) is 1. The van der Waals surface area contributed by atoms with Crippen LogP contribution in [0.15, 0.2) is 48.5 Å². The smallest absolute Gasteiger partial charge is 0.410 e. The Kier molecular flexibility index (Phi) is 5.07. The minimum absolute atomic E-state index is 0.0590. The highest BCUT2D eigenvalue weighted by Gasteiger charge is 2.43. The summed E-state index contributed by atoms with van der Waals surface area (Å²) in [7, 11) is 0. The van der Waals surface area contributed by atoms with E-state index in [9.17, 15) is 9.59 Å². The number of rotatable bonds is 4. The molecule has 2 unspecified atom stereocenters. The molecule has 2 aromatic rings. The van der Waals surface area contributed by atoms with Gasteiger partial charge in [0.05, 0.1) is 0 Å². The van der Waals surface area contributed by atoms with Gasteiger partial charge in [-0.15, -0.1) is 0 Å². The van der Waals surface area contributed by atoms with Gasteiger partial charge in [0.1, 0.15) is 6.61 Å². The van der Waals surface area contributed by atoms with Gasteiger partial charge in [-0.2, -0.15) is 0 Å². The third-order valence-corrected chi connectivity index (χ3v) is 6.42. The molecule has 30 heavy (non-hydrogen) atoms. The van der Waals surface area contributed by atoms with Crippen LogP contribution in [0.2, 0.25) is 0 Å². The van der Waals surface area contributed by atoms with Crippen molar-refractivity contribution < 1.29 is 23.8 Å². The van der Waals surface area contributed by atoms with Crippen molar-refractivity contribution in [3.05, 3.63) is 59.7 Å². The number of hydrogen-bond donors (Lipinski definition) is 0. The molecule has 6 nitrogen and oxygen atoms in total. The average Bonchev–Trinajstić information content (AvgIpc) is 3.24. The van der Waals surface area contributed by atoms with E-state index >= 15 is 0 Å². The first kappa shape index (κ1) is 19.0. The molecular formula is C24H25NO5. The molecule has 156 valence electrons. The average molecular weight is 407 g/mol. The number of piperidine rings is 2. The Hall–Kier alpha value is -3.02. The van der Waals surface area contributed by atoms with Crippen LogP contribution >= 0.6 is 0 Å². The van der Waals surface area contributed by atoms with Gasteiger partial charge in [0.25, 0.3) is 0 Å². The van der Waals surface area contributed by atoms with E-state index in [1.807, 2.05) is 41.3 Å². The van der Waals surface area contributed by atoms with Crippen LogP contribution in [0.4, 0.5) is 4.79 Å². The molecule has 0 aliphatic carbocycles. The maximum atomic E-state index is 13.2. The van der Waals surface area contributed by atoms with Crippen molar-refractivity contribution in [1.29, 1.82) is 0 Å². The molecule has 3 aliphatic heterocycles. The molecule has 0 aromatic heterocycles. The standard InChI is InChI=1S/C24H25NO5/c26-23(17-9-10-21-22(13-17)30-15-29-21)18-11-19-7-4-8-20(12-18)25(19)24(27)28-14-16-5-2-1-3-6-16/h1-3,5-6,9-10,13,18-20H,4,7-8,11-12,14-15H2. The van der Waals surface area contributed by atoms with Gasteiger partial charge in [-0.1, -0.05) is 30.3 Å². The van der Waals surface area contributed by atoms with Crippen LogP contribution in [-0.2, 0) is 11.3 Å². The van der Waals surface area contributed by atoms with Crippen molar-refractivity contribution in [2.75, 3.05) is 6.79 Å². The summed E-state index contributed by atoms with van der Waals surface area (Å²) in [6, 6.07) is 15.2. The zero-order chi connectivity index (χ0) is 20.5. The predicted octanol–water partition coefficient (Wildman–Crippen LogP) is 4.57. The molecule has 5 rings (SSSR count). The van der Waals surface area contributed by atoms with Crippen LogP contribution in [0.3, 0.4) is 0 Å². The number of fused-ring (bicyclic) bond motifs is 3. The van der Waals surface area contributed by atoms with Crippen LogP contribution in [0.25, 0.3) is 0 Å². The molecule has 2 atom stereocenters. The maximum Gasteiger partial charge on any atom is 0.410 e. The van der Waals surface area contributed by atoms with Gasteiger partial charge in [-0.05, 0) is 55.9 Å². The molecular weight excluding hydrogens is 382 g/mol. The van der Waals surface area contributed by atoms with Crippen LogP contribution in [0, 0.1) is 5.92 Å². The first-order valence-electron chi connectivity index (χ1n) is 10.6. The second-order valence-corrected chi connectivity index (χ2v) is 8.29. The van der Waals surface area contributed by atoms with Gasteiger partial charge in [0.15, 0.2) is 17.3 Å².